The number of ether oxygens (including phenoxy) is 3. The Hall–Kier alpha value is -5.48. The number of unbranched alkanes of at least 4 members (excludes halogenated alkanes) is 2. The van der Waals surface area contributed by atoms with E-state index in [0.29, 0.717) is 89.0 Å². The molecule has 1 unspecified atom stereocenters. The molecule has 0 radical (unpaired) electrons. The number of hydrogen-bond donors (Lipinski definition) is 6. The van der Waals surface area contributed by atoms with Crippen molar-refractivity contribution in [3.63, 3.8) is 0 Å². The first kappa shape index (κ1) is 64.0. The van der Waals surface area contributed by atoms with Gasteiger partial charge in [0.25, 0.3) is 0 Å². The van der Waals surface area contributed by atoms with E-state index in [4.69, 9.17) is 26.4 Å². The third kappa shape index (κ3) is 14.0. The maximum atomic E-state index is 13.6. The molecule has 0 bridgehead atoms. The number of thioether (sulfide) groups is 1. The Labute approximate surface area is 515 Å². The van der Waals surface area contributed by atoms with Crippen molar-refractivity contribution >= 4 is 58.7 Å². The van der Waals surface area contributed by atoms with E-state index in [1.165, 1.54) is 81.2 Å². The van der Waals surface area contributed by atoms with Crippen LogP contribution in [-0.4, -0.2) is 92.4 Å². The number of phenols is 2. The van der Waals surface area contributed by atoms with E-state index in [9.17, 15) is 29.4 Å². The molecule has 9 rings (SSSR count). The fourth-order valence-corrected chi connectivity index (χ4v) is 17.5. The van der Waals surface area contributed by atoms with Crippen LogP contribution in [-0.2, 0) is 24.7 Å². The van der Waals surface area contributed by atoms with Gasteiger partial charge in [0.05, 0.1) is 5.56 Å². The Bertz CT molecular complexity index is 2930. The number of benzene rings is 3. The average Bonchev–Trinajstić information content (AvgIpc) is 1.67. The molecule has 464 valence electrons. The lowest BCUT2D eigenvalue weighted by Gasteiger charge is -2.58. The van der Waals surface area contributed by atoms with Crippen molar-refractivity contribution in [3.05, 3.63) is 88.5 Å². The highest BCUT2D eigenvalue weighted by molar-refractivity contribution is 8.00. The van der Waals surface area contributed by atoms with E-state index in [1.807, 2.05) is 24.0 Å². The van der Waals surface area contributed by atoms with Gasteiger partial charge in [0.1, 0.15) is 29.1 Å². The summed E-state index contributed by atoms with van der Waals surface area (Å²) >= 11 is 7.45. The molecule has 0 aromatic heterocycles. The van der Waals surface area contributed by atoms with E-state index in [-0.39, 0.29) is 45.1 Å². The SMILES string of the molecule is CCC(=O)N(CC(C)(C)SCCNC(=S)Nc1ccc2c(c1)C(=O)OC21c2ccc(O)cc2Oc2cc(O)ccc21)C(C)(C)CCCCCC(=O)NCCNC(=O)OC1CC[C@@]2(C)C(=CC[C@H]3[C@@H]4CC[C@H]([C@H](C)CCCC(C)C)[C@@]4(C)CC[C@@H]32)C1. The summed E-state index contributed by atoms with van der Waals surface area (Å²) < 4.78 is 18.0. The molecule has 6 N–H and O–H groups in total. The normalized spacial score (nSPS) is 24.7. The smallest absolute Gasteiger partial charge is 0.407 e. The number of rotatable bonds is 24. The quantitative estimate of drug-likeness (QED) is 0.0215. The lowest BCUT2D eigenvalue weighted by Crippen LogP contribution is -2.52. The first-order valence-electron chi connectivity index (χ1n) is 32.0. The number of carbonyl (C=O) groups excluding carboxylic acids is 4. The largest absolute Gasteiger partial charge is 0.508 e. The lowest BCUT2D eigenvalue weighted by atomic mass is 9.47. The minimum atomic E-state index is -1.35. The van der Waals surface area contributed by atoms with Gasteiger partial charge in [-0.3, -0.25) is 9.59 Å². The van der Waals surface area contributed by atoms with E-state index < -0.39 is 17.7 Å². The molecule has 4 aliphatic carbocycles. The summed E-state index contributed by atoms with van der Waals surface area (Å²) in [6, 6.07) is 14.7. The van der Waals surface area contributed by atoms with Crippen LogP contribution in [0.1, 0.15) is 205 Å². The molecule has 3 amide bonds. The Morgan fingerprint density at radius 2 is 1.53 bits per heavy atom. The number of phenolic OH excluding ortho intramolecular Hbond substituents is 2. The van der Waals surface area contributed by atoms with Crippen LogP contribution in [0.4, 0.5) is 10.5 Å². The molecule has 0 saturated heterocycles. The van der Waals surface area contributed by atoms with Crippen molar-refractivity contribution in [1.29, 1.82) is 0 Å². The predicted octanol–water partition coefficient (Wildman–Crippen LogP) is 14.7. The summed E-state index contributed by atoms with van der Waals surface area (Å²) in [5.41, 5.74) is 3.08. The number of alkyl carbamates (subject to hydrolysis) is 1. The van der Waals surface area contributed by atoms with Gasteiger partial charge in [-0.05, 0) is 180 Å². The van der Waals surface area contributed by atoms with Gasteiger partial charge in [-0.15, -0.1) is 0 Å². The van der Waals surface area contributed by atoms with E-state index >= 15 is 0 Å². The molecule has 8 atom stereocenters. The van der Waals surface area contributed by atoms with Gasteiger partial charge < -0.3 is 50.6 Å². The minimum Gasteiger partial charge on any atom is -0.508 e. The molecule has 3 fully saturated rings. The standard InChI is InChI=1S/C69H97N5O9S2/c1-11-61(78)74(42-66(7,8)85-37-36-71-63(84)73-46-20-24-55-51(39-46)62(79)83-69(55)56-25-21-47(75)40-58(56)82-59-41-48(76)22-26-57(59)69)65(5,6)31-14-12-13-18-60(77)70-34-35-72-64(80)81-49-29-32-67(9)45(38-49)19-23-50-53-28-27-52(44(4)17-15-16-43(2)3)68(53,10)33-30-54(50)67/h19-22,24-26,39-41,43-44,49-50,52-54,75-76H,11-18,23,27-38,42H2,1-10H3,(H,70,77)(H,72,80)(H2,71,73,84)/t44-,49?,50+,52-,53+,54+,67+,68-/m1/s1. The monoisotopic (exact) mass is 1200 g/mol. The van der Waals surface area contributed by atoms with Gasteiger partial charge in [-0.2, -0.15) is 11.8 Å². The number of aromatic hydroxyl groups is 2. The number of carbonyl (C=O) groups is 4. The summed E-state index contributed by atoms with van der Waals surface area (Å²) in [4.78, 5) is 55.0. The van der Waals surface area contributed by atoms with Crippen LogP contribution in [0.3, 0.4) is 0 Å². The number of esters is 1. The second-order valence-electron chi connectivity index (χ2n) is 27.8. The van der Waals surface area contributed by atoms with Gasteiger partial charge in [0.15, 0.2) is 10.7 Å². The van der Waals surface area contributed by atoms with Crippen LogP contribution in [0.5, 0.6) is 23.0 Å². The second-order valence-corrected chi connectivity index (χ2v) is 30.0. The number of nitrogens with one attached hydrogen (secondary N) is 4. The number of amides is 3. The molecule has 3 aromatic carbocycles. The van der Waals surface area contributed by atoms with Gasteiger partial charge in [-0.1, -0.05) is 91.4 Å². The number of nitrogens with zero attached hydrogens (tertiary/aromatic N) is 1. The lowest BCUT2D eigenvalue weighted by molar-refractivity contribution is -0.137. The summed E-state index contributed by atoms with van der Waals surface area (Å²) in [6.07, 6.45) is 19.7. The third-order valence-corrected chi connectivity index (χ3v) is 22.3. The molecule has 6 aliphatic rings. The topological polar surface area (TPSA) is 188 Å². The summed E-state index contributed by atoms with van der Waals surface area (Å²) in [7, 11) is 0. The van der Waals surface area contributed by atoms with Crippen molar-refractivity contribution in [2.24, 2.45) is 46.3 Å². The number of hydrogen-bond acceptors (Lipinski definition) is 11. The van der Waals surface area contributed by atoms with E-state index in [1.54, 1.807) is 30.0 Å². The number of allylic oxidation sites excluding steroid dienone is 1. The van der Waals surface area contributed by atoms with Crippen LogP contribution < -0.4 is 26.0 Å². The summed E-state index contributed by atoms with van der Waals surface area (Å²) in [5.74, 6) is 5.64. The van der Waals surface area contributed by atoms with Crippen LogP contribution >= 0.6 is 24.0 Å². The predicted molar refractivity (Wildman–Crippen MR) is 342 cm³/mol. The van der Waals surface area contributed by atoms with E-state index in [2.05, 4.69) is 89.7 Å². The molecule has 16 heteroatoms. The highest BCUT2D eigenvalue weighted by atomic mass is 32.2. The van der Waals surface area contributed by atoms with Crippen molar-refractivity contribution < 1.29 is 43.6 Å². The van der Waals surface area contributed by atoms with E-state index in [0.717, 1.165) is 86.2 Å². The molecular formula is C69H97N5O9S2. The number of anilines is 1. The van der Waals surface area contributed by atoms with Crippen LogP contribution in [0, 0.1) is 46.3 Å². The maximum absolute atomic E-state index is 13.6. The van der Waals surface area contributed by atoms with Crippen LogP contribution in [0.25, 0.3) is 0 Å². The highest BCUT2D eigenvalue weighted by Crippen LogP contribution is 2.67. The van der Waals surface area contributed by atoms with Crippen molar-refractivity contribution in [2.45, 2.75) is 200 Å². The Kier molecular flexibility index (Phi) is 19.9. The molecule has 85 heavy (non-hydrogen) atoms. The van der Waals surface area contributed by atoms with Crippen molar-refractivity contribution in [2.75, 3.05) is 37.2 Å². The Balaban J connectivity index is 0.651. The Morgan fingerprint density at radius 1 is 0.824 bits per heavy atom. The third-order valence-electron chi connectivity index (χ3n) is 20.7. The maximum Gasteiger partial charge on any atom is 0.407 e. The molecular weight excluding hydrogens is 1110 g/mol. The van der Waals surface area contributed by atoms with Crippen LogP contribution in [0.15, 0.2) is 66.2 Å². The van der Waals surface area contributed by atoms with Crippen molar-refractivity contribution in [1.82, 2.24) is 20.9 Å². The summed E-state index contributed by atoms with van der Waals surface area (Å²) in [5, 5.41) is 33.3. The first-order chi connectivity index (χ1) is 40.4. The average molecular weight is 1200 g/mol. The van der Waals surface area contributed by atoms with Gasteiger partial charge in [-0.25, -0.2) is 9.59 Å². The zero-order valence-electron chi connectivity index (χ0n) is 52.4. The molecule has 3 aromatic rings. The number of thiocarbonyl (C=S) groups is 1. The molecule has 14 nitrogen and oxygen atoms in total. The molecule has 2 heterocycles. The molecule has 1 spiro atoms. The first-order valence-corrected chi connectivity index (χ1v) is 33.4. The highest BCUT2D eigenvalue weighted by Gasteiger charge is 2.60. The van der Waals surface area contributed by atoms with Crippen molar-refractivity contribution in [3.8, 4) is 23.0 Å². The minimum absolute atomic E-state index is 0.0141. The zero-order valence-corrected chi connectivity index (χ0v) is 54.0. The van der Waals surface area contributed by atoms with Gasteiger partial charge in [0, 0.05) is 96.0 Å². The molecule has 2 aliphatic heterocycles. The Morgan fingerprint density at radius 3 is 2.24 bits per heavy atom. The fourth-order valence-electron chi connectivity index (χ4n) is 16.3. The second kappa shape index (κ2) is 26.5. The van der Waals surface area contributed by atoms with Crippen LogP contribution in [0.2, 0.25) is 0 Å². The molecule has 3 saturated carbocycles. The van der Waals surface area contributed by atoms with Gasteiger partial charge >= 0.3 is 12.1 Å². The van der Waals surface area contributed by atoms with Gasteiger partial charge in [0.2, 0.25) is 11.8 Å². The fraction of sp³-hybridized carbons (Fsp3) is 0.638. The zero-order chi connectivity index (χ0) is 61.1. The number of fused-ring (bicyclic) bond motifs is 11. The summed E-state index contributed by atoms with van der Waals surface area (Å²) in [6.45, 7) is 24.7.